The average Bonchev–Trinajstić information content (AvgIpc) is 2.85. The first-order chi connectivity index (χ1) is 16.8. The van der Waals surface area contributed by atoms with Gasteiger partial charge in [0.15, 0.2) is 0 Å². The van der Waals surface area contributed by atoms with Crippen molar-refractivity contribution in [1.29, 1.82) is 0 Å². The van der Waals surface area contributed by atoms with E-state index >= 15 is 0 Å². The molecular weight excluding hydrogens is 497 g/mol. The zero-order valence-electron chi connectivity index (χ0n) is 18.0. The summed E-state index contributed by atoms with van der Waals surface area (Å²) in [5, 5.41) is 12.3. The highest BCUT2D eigenvalue weighted by Gasteiger charge is 2.41. The van der Waals surface area contributed by atoms with E-state index < -0.39 is 36.0 Å². The predicted octanol–water partition coefficient (Wildman–Crippen LogP) is 4.15. The maximum atomic E-state index is 13.0. The molecule has 8 nitrogen and oxygen atoms in total. The minimum Gasteiger partial charge on any atom is -0.478 e. The molecule has 10 heteroatoms. The van der Waals surface area contributed by atoms with Crippen LogP contribution in [0.1, 0.15) is 26.3 Å². The third-order valence-corrected chi connectivity index (χ3v) is 5.40. The number of halogens is 2. The van der Waals surface area contributed by atoms with E-state index in [9.17, 15) is 24.3 Å². The number of hydrogen-bond acceptors (Lipinski definition) is 6. The van der Waals surface area contributed by atoms with Gasteiger partial charge in [-0.2, -0.15) is 0 Å². The Bertz CT molecular complexity index is 1230. The molecule has 3 rings (SSSR count). The standard InChI is InChI=1S/C25H19Cl2NO7/c26-18-12-6-4-10-16(18)24(32)34-20(22(29)28-14-15-8-2-1-3-9-15)21(23(30)31)35-25(33)17-11-5-7-13-19(17)27/h1-13,20-21H,14H2,(H,28,29)(H,30,31)/t20-,21+/m1/s1. The van der Waals surface area contributed by atoms with Crippen molar-refractivity contribution in [2.75, 3.05) is 0 Å². The molecular formula is C25H19Cl2NO7. The third-order valence-electron chi connectivity index (χ3n) is 4.74. The van der Waals surface area contributed by atoms with Gasteiger partial charge in [0, 0.05) is 6.54 Å². The lowest BCUT2D eigenvalue weighted by Crippen LogP contribution is -2.50. The van der Waals surface area contributed by atoms with E-state index in [-0.39, 0.29) is 27.7 Å². The van der Waals surface area contributed by atoms with Crippen molar-refractivity contribution in [1.82, 2.24) is 5.32 Å². The van der Waals surface area contributed by atoms with Crippen molar-refractivity contribution in [3.8, 4) is 0 Å². The van der Waals surface area contributed by atoms with E-state index in [2.05, 4.69) is 5.32 Å². The number of carbonyl (C=O) groups excluding carboxylic acids is 3. The molecule has 0 unspecified atom stereocenters. The fourth-order valence-corrected chi connectivity index (χ4v) is 3.42. The van der Waals surface area contributed by atoms with Crippen LogP contribution in [-0.2, 0) is 25.6 Å². The maximum Gasteiger partial charge on any atom is 0.349 e. The first-order valence-corrected chi connectivity index (χ1v) is 11.0. The Labute approximate surface area is 210 Å². The van der Waals surface area contributed by atoms with Gasteiger partial charge in [-0.15, -0.1) is 0 Å². The zero-order chi connectivity index (χ0) is 25.4. The first kappa shape index (κ1) is 25.7. The fourth-order valence-electron chi connectivity index (χ4n) is 2.99. The molecule has 0 aliphatic heterocycles. The van der Waals surface area contributed by atoms with Gasteiger partial charge >= 0.3 is 17.9 Å². The van der Waals surface area contributed by atoms with Crippen molar-refractivity contribution in [2.24, 2.45) is 0 Å². The summed E-state index contributed by atoms with van der Waals surface area (Å²) >= 11 is 12.0. The van der Waals surface area contributed by atoms with E-state index in [1.165, 1.54) is 36.4 Å². The van der Waals surface area contributed by atoms with Crippen LogP contribution in [0.4, 0.5) is 0 Å². The molecule has 0 fully saturated rings. The topological polar surface area (TPSA) is 119 Å². The lowest BCUT2D eigenvalue weighted by atomic mass is 10.1. The van der Waals surface area contributed by atoms with E-state index in [4.69, 9.17) is 32.7 Å². The number of carbonyl (C=O) groups is 4. The van der Waals surface area contributed by atoms with E-state index in [0.29, 0.717) is 5.56 Å². The van der Waals surface area contributed by atoms with Crippen molar-refractivity contribution in [2.45, 2.75) is 18.8 Å². The Kier molecular flexibility index (Phi) is 8.83. The van der Waals surface area contributed by atoms with Crippen LogP contribution in [0.5, 0.6) is 0 Å². The molecule has 0 aliphatic rings. The average molecular weight is 516 g/mol. The van der Waals surface area contributed by atoms with Gasteiger partial charge in [0.1, 0.15) is 0 Å². The number of benzene rings is 3. The number of carboxylic acids is 1. The second-order valence-corrected chi connectivity index (χ2v) is 7.97. The minimum absolute atomic E-state index is 0.00458. The highest BCUT2D eigenvalue weighted by molar-refractivity contribution is 6.34. The maximum absolute atomic E-state index is 13.0. The summed E-state index contributed by atoms with van der Waals surface area (Å²) in [6.07, 6.45) is -4.22. The normalized spacial score (nSPS) is 12.2. The van der Waals surface area contributed by atoms with Crippen molar-refractivity contribution in [3.63, 3.8) is 0 Å². The number of aliphatic carboxylic acids is 1. The van der Waals surface area contributed by atoms with E-state index in [1.807, 2.05) is 0 Å². The molecule has 3 aromatic rings. The number of amides is 1. The van der Waals surface area contributed by atoms with Gasteiger partial charge in [0.2, 0.25) is 12.2 Å². The summed E-state index contributed by atoms with van der Waals surface area (Å²) < 4.78 is 10.3. The van der Waals surface area contributed by atoms with Gasteiger partial charge < -0.3 is 19.9 Å². The van der Waals surface area contributed by atoms with E-state index in [1.54, 1.807) is 42.5 Å². The molecule has 0 saturated heterocycles. The summed E-state index contributed by atoms with van der Waals surface area (Å²) in [5.74, 6) is -4.89. The smallest absolute Gasteiger partial charge is 0.349 e. The van der Waals surface area contributed by atoms with Crippen LogP contribution in [-0.4, -0.2) is 41.1 Å². The van der Waals surface area contributed by atoms with Crippen LogP contribution in [0, 0.1) is 0 Å². The Balaban J connectivity index is 1.88. The molecule has 0 aliphatic carbocycles. The van der Waals surface area contributed by atoms with Gasteiger partial charge in [-0.25, -0.2) is 14.4 Å². The molecule has 1 amide bonds. The number of esters is 2. The molecule has 0 aromatic heterocycles. The molecule has 0 radical (unpaired) electrons. The van der Waals surface area contributed by atoms with Crippen molar-refractivity contribution in [3.05, 3.63) is 106 Å². The summed E-state index contributed by atoms with van der Waals surface area (Å²) in [4.78, 5) is 50.4. The lowest BCUT2D eigenvalue weighted by molar-refractivity contribution is -0.159. The number of nitrogens with one attached hydrogen (secondary N) is 1. The van der Waals surface area contributed by atoms with Gasteiger partial charge in [0.05, 0.1) is 21.2 Å². The van der Waals surface area contributed by atoms with E-state index in [0.717, 1.165) is 0 Å². The van der Waals surface area contributed by atoms with Gasteiger partial charge in [-0.05, 0) is 29.8 Å². The largest absolute Gasteiger partial charge is 0.478 e. The van der Waals surface area contributed by atoms with Crippen molar-refractivity contribution < 1.29 is 33.8 Å². The second-order valence-electron chi connectivity index (χ2n) is 7.15. The van der Waals surface area contributed by atoms with Crippen LogP contribution < -0.4 is 5.32 Å². The summed E-state index contributed by atoms with van der Waals surface area (Å²) in [6, 6.07) is 20.4. The third kappa shape index (κ3) is 6.81. The molecule has 35 heavy (non-hydrogen) atoms. The van der Waals surface area contributed by atoms with Gasteiger partial charge in [-0.3, -0.25) is 4.79 Å². The molecule has 0 spiro atoms. The molecule has 180 valence electrons. The quantitative estimate of drug-likeness (QED) is 0.411. The fraction of sp³-hybridized carbons (Fsp3) is 0.120. The van der Waals surface area contributed by atoms with Gasteiger partial charge in [0.25, 0.3) is 5.91 Å². The molecule has 3 aromatic carbocycles. The van der Waals surface area contributed by atoms with Gasteiger partial charge in [-0.1, -0.05) is 77.8 Å². The van der Waals surface area contributed by atoms with Crippen LogP contribution in [0.25, 0.3) is 0 Å². The molecule has 0 bridgehead atoms. The Morgan fingerprint density at radius 1 is 0.714 bits per heavy atom. The molecule has 0 heterocycles. The SMILES string of the molecule is O=C(O[C@H](C(=O)O)[C@@H](OC(=O)c1ccccc1Cl)C(=O)NCc1ccccc1)c1ccccc1Cl. The van der Waals surface area contributed by atoms with Crippen LogP contribution in [0.15, 0.2) is 78.9 Å². The molecule has 2 N–H and O–H groups in total. The number of rotatable bonds is 9. The van der Waals surface area contributed by atoms with Crippen LogP contribution in [0.3, 0.4) is 0 Å². The summed E-state index contributed by atoms with van der Waals surface area (Å²) in [5.41, 5.74) is 0.481. The number of carboxylic acid groups (broad SMARTS) is 1. The van der Waals surface area contributed by atoms with Crippen LogP contribution >= 0.6 is 23.2 Å². The predicted molar refractivity (Wildman–Crippen MR) is 127 cm³/mol. The summed E-state index contributed by atoms with van der Waals surface area (Å²) in [7, 11) is 0. The minimum atomic E-state index is -2.18. The number of hydrogen-bond donors (Lipinski definition) is 2. The van der Waals surface area contributed by atoms with Crippen LogP contribution in [0.2, 0.25) is 10.0 Å². The van der Waals surface area contributed by atoms with Crippen molar-refractivity contribution >= 4 is 47.0 Å². The Morgan fingerprint density at radius 2 is 1.17 bits per heavy atom. The summed E-state index contributed by atoms with van der Waals surface area (Å²) in [6.45, 7) is 0.00458. The molecule has 0 saturated carbocycles. The lowest BCUT2D eigenvalue weighted by Gasteiger charge is -2.24. The zero-order valence-corrected chi connectivity index (χ0v) is 19.5. The second kappa shape index (κ2) is 12.0. The Morgan fingerprint density at radius 3 is 1.66 bits per heavy atom. The Hall–Kier alpha value is -3.88. The highest BCUT2D eigenvalue weighted by Crippen LogP contribution is 2.21. The first-order valence-electron chi connectivity index (χ1n) is 10.2. The monoisotopic (exact) mass is 515 g/mol. The number of ether oxygens (including phenoxy) is 2. The molecule has 2 atom stereocenters. The highest BCUT2D eigenvalue weighted by atomic mass is 35.5.